The number of aromatic nitrogens is 1. The van der Waals surface area contributed by atoms with Crippen LogP contribution in [0.5, 0.6) is 0 Å². The lowest BCUT2D eigenvalue weighted by Crippen LogP contribution is -2.44. The standard InChI is InChI=1S/C30H32N4O2/c35-28(23-10-11-23)33-17-13-20(18-33)19-34-27(32-30(29(34)36)14-1-2-15-30)22-8-6-21(7-9-22)24-4-3-5-26-25(24)12-16-31-26/h3-9,12,16,20,23,31H,1-2,10-11,13-15,17-19H2/t20-/m1/s1. The lowest BCUT2D eigenvalue weighted by molar-refractivity contribution is -0.131. The molecule has 4 aliphatic rings. The largest absolute Gasteiger partial charge is 0.361 e. The molecule has 1 atom stereocenters. The van der Waals surface area contributed by atoms with Crippen molar-refractivity contribution in [1.29, 1.82) is 0 Å². The van der Waals surface area contributed by atoms with Crippen LogP contribution >= 0.6 is 0 Å². The molecular weight excluding hydrogens is 448 g/mol. The second-order valence-electron chi connectivity index (χ2n) is 11.1. The van der Waals surface area contributed by atoms with Gasteiger partial charge in [0, 0.05) is 48.2 Å². The van der Waals surface area contributed by atoms with Crippen molar-refractivity contribution < 1.29 is 9.59 Å². The van der Waals surface area contributed by atoms with Crippen LogP contribution in [0.1, 0.15) is 50.5 Å². The molecule has 1 N–H and O–H groups in total. The third-order valence-corrected chi connectivity index (χ3v) is 8.66. The monoisotopic (exact) mass is 480 g/mol. The van der Waals surface area contributed by atoms with Gasteiger partial charge in [0.1, 0.15) is 11.4 Å². The van der Waals surface area contributed by atoms with Gasteiger partial charge in [-0.25, -0.2) is 0 Å². The molecule has 2 aliphatic heterocycles. The minimum Gasteiger partial charge on any atom is -0.361 e. The molecule has 7 rings (SSSR count). The number of carbonyl (C=O) groups is 2. The molecule has 2 amide bonds. The van der Waals surface area contributed by atoms with Crippen LogP contribution in [0.4, 0.5) is 0 Å². The van der Waals surface area contributed by atoms with E-state index in [1.54, 1.807) is 0 Å². The lowest BCUT2D eigenvalue weighted by atomic mass is 9.97. The van der Waals surface area contributed by atoms with Crippen molar-refractivity contribution in [2.75, 3.05) is 19.6 Å². The normalized spacial score (nSPS) is 23.3. The van der Waals surface area contributed by atoms with Crippen molar-refractivity contribution in [3.8, 4) is 11.1 Å². The van der Waals surface area contributed by atoms with Crippen LogP contribution in [-0.4, -0.2) is 57.6 Å². The maximum absolute atomic E-state index is 13.8. The van der Waals surface area contributed by atoms with E-state index in [1.165, 1.54) is 10.9 Å². The Balaban J connectivity index is 1.17. The number of fused-ring (bicyclic) bond motifs is 1. The van der Waals surface area contributed by atoms with Gasteiger partial charge in [-0.15, -0.1) is 0 Å². The van der Waals surface area contributed by atoms with Gasteiger partial charge in [0.25, 0.3) is 5.91 Å². The number of hydrogen-bond acceptors (Lipinski definition) is 3. The topological polar surface area (TPSA) is 68.8 Å². The number of rotatable bonds is 5. The molecule has 3 heterocycles. The van der Waals surface area contributed by atoms with Crippen molar-refractivity contribution in [3.63, 3.8) is 0 Å². The first-order chi connectivity index (χ1) is 17.6. The molecule has 0 bridgehead atoms. The Morgan fingerprint density at radius 2 is 1.78 bits per heavy atom. The van der Waals surface area contributed by atoms with E-state index in [-0.39, 0.29) is 11.8 Å². The number of nitrogens with one attached hydrogen (secondary N) is 1. The average molecular weight is 481 g/mol. The molecule has 1 aromatic heterocycles. The Bertz CT molecular complexity index is 1360. The quantitative estimate of drug-likeness (QED) is 0.559. The zero-order valence-electron chi connectivity index (χ0n) is 20.6. The number of benzene rings is 2. The first-order valence-electron chi connectivity index (χ1n) is 13.5. The molecule has 2 aliphatic carbocycles. The Hall–Kier alpha value is -3.41. The predicted octanol–water partition coefficient (Wildman–Crippen LogP) is 5.00. The summed E-state index contributed by atoms with van der Waals surface area (Å²) in [7, 11) is 0. The molecule has 2 aromatic carbocycles. The lowest BCUT2D eigenvalue weighted by Gasteiger charge is -2.25. The molecule has 36 heavy (non-hydrogen) atoms. The third-order valence-electron chi connectivity index (χ3n) is 8.66. The van der Waals surface area contributed by atoms with Crippen LogP contribution in [0, 0.1) is 11.8 Å². The van der Waals surface area contributed by atoms with Gasteiger partial charge in [0.15, 0.2) is 0 Å². The minimum atomic E-state index is -0.577. The van der Waals surface area contributed by atoms with Crippen LogP contribution in [-0.2, 0) is 9.59 Å². The summed E-state index contributed by atoms with van der Waals surface area (Å²) in [6, 6.07) is 17.0. The van der Waals surface area contributed by atoms with Gasteiger partial charge in [0.2, 0.25) is 5.91 Å². The zero-order valence-corrected chi connectivity index (χ0v) is 20.6. The average Bonchev–Trinajstić information content (AvgIpc) is 3.25. The summed E-state index contributed by atoms with van der Waals surface area (Å²) >= 11 is 0. The molecule has 3 aromatic rings. The van der Waals surface area contributed by atoms with E-state index in [0.717, 1.165) is 80.5 Å². The van der Waals surface area contributed by atoms with E-state index in [2.05, 4.69) is 53.5 Å². The van der Waals surface area contributed by atoms with E-state index >= 15 is 0 Å². The van der Waals surface area contributed by atoms with E-state index in [9.17, 15) is 9.59 Å². The second kappa shape index (κ2) is 8.32. The summed E-state index contributed by atoms with van der Waals surface area (Å²) in [5.41, 5.74) is 3.90. The van der Waals surface area contributed by atoms with Gasteiger partial charge in [0.05, 0.1) is 0 Å². The highest BCUT2D eigenvalue weighted by Crippen LogP contribution is 2.41. The Kier molecular flexibility index (Phi) is 5.05. The molecule has 6 heteroatoms. The molecule has 2 saturated carbocycles. The highest BCUT2D eigenvalue weighted by Gasteiger charge is 2.50. The van der Waals surface area contributed by atoms with Crippen LogP contribution in [0.25, 0.3) is 22.0 Å². The highest BCUT2D eigenvalue weighted by atomic mass is 16.2. The summed E-state index contributed by atoms with van der Waals surface area (Å²) in [6.45, 7) is 2.23. The van der Waals surface area contributed by atoms with E-state index in [0.29, 0.717) is 18.4 Å². The maximum Gasteiger partial charge on any atom is 0.256 e. The van der Waals surface area contributed by atoms with Crippen LogP contribution in [0.3, 0.4) is 0 Å². The number of nitrogens with zero attached hydrogens (tertiary/aromatic N) is 3. The van der Waals surface area contributed by atoms with Gasteiger partial charge in [-0.3, -0.25) is 19.5 Å². The molecule has 184 valence electrons. The van der Waals surface area contributed by atoms with Crippen LogP contribution in [0.2, 0.25) is 0 Å². The van der Waals surface area contributed by atoms with Crippen molar-refractivity contribution in [2.45, 2.75) is 50.5 Å². The van der Waals surface area contributed by atoms with Gasteiger partial charge in [-0.05, 0) is 61.3 Å². The fourth-order valence-electron chi connectivity index (χ4n) is 6.50. The minimum absolute atomic E-state index is 0.170. The Morgan fingerprint density at radius 3 is 2.56 bits per heavy atom. The van der Waals surface area contributed by atoms with E-state index in [1.807, 2.05) is 16.0 Å². The SMILES string of the molecule is O=C(C1CC1)N1CC[C@@H](CN2C(=O)C3(CCCC3)N=C2c2ccc(-c3cccc4[nH]ccc34)cc2)C1. The van der Waals surface area contributed by atoms with Gasteiger partial charge < -0.3 is 9.88 Å². The number of likely N-dealkylation sites (tertiary alicyclic amines) is 1. The number of hydrogen-bond donors (Lipinski definition) is 1. The molecular formula is C30H32N4O2. The summed E-state index contributed by atoms with van der Waals surface area (Å²) in [4.78, 5) is 38.8. The van der Waals surface area contributed by atoms with Crippen molar-refractivity contribution >= 4 is 28.6 Å². The number of H-pyrrole nitrogens is 1. The molecule has 0 radical (unpaired) electrons. The number of amidine groups is 1. The number of aromatic amines is 1. The molecule has 1 spiro atoms. The van der Waals surface area contributed by atoms with Crippen molar-refractivity contribution in [3.05, 3.63) is 60.3 Å². The van der Waals surface area contributed by atoms with Crippen molar-refractivity contribution in [2.24, 2.45) is 16.8 Å². The third kappa shape index (κ3) is 3.57. The van der Waals surface area contributed by atoms with E-state index < -0.39 is 5.54 Å². The first-order valence-corrected chi connectivity index (χ1v) is 13.5. The van der Waals surface area contributed by atoms with Crippen LogP contribution < -0.4 is 0 Å². The van der Waals surface area contributed by atoms with Gasteiger partial charge >= 0.3 is 0 Å². The highest BCUT2D eigenvalue weighted by molar-refractivity contribution is 6.15. The summed E-state index contributed by atoms with van der Waals surface area (Å²) in [6.07, 6.45) is 8.82. The Morgan fingerprint density at radius 1 is 1.00 bits per heavy atom. The number of amides is 2. The van der Waals surface area contributed by atoms with Gasteiger partial charge in [-0.1, -0.05) is 49.2 Å². The molecule has 0 unspecified atom stereocenters. The second-order valence-corrected chi connectivity index (χ2v) is 11.1. The summed E-state index contributed by atoms with van der Waals surface area (Å²) in [5.74, 6) is 1.87. The van der Waals surface area contributed by atoms with Crippen LogP contribution in [0.15, 0.2) is 59.7 Å². The summed E-state index contributed by atoms with van der Waals surface area (Å²) < 4.78 is 0. The zero-order chi connectivity index (χ0) is 24.3. The molecule has 6 nitrogen and oxygen atoms in total. The predicted molar refractivity (Wildman–Crippen MR) is 141 cm³/mol. The number of carbonyl (C=O) groups excluding carboxylic acids is 2. The smallest absolute Gasteiger partial charge is 0.256 e. The Labute approximate surface area is 211 Å². The molecule has 1 saturated heterocycles. The van der Waals surface area contributed by atoms with E-state index in [4.69, 9.17) is 4.99 Å². The molecule has 3 fully saturated rings. The number of aliphatic imine (C=N–C) groups is 1. The fraction of sp³-hybridized carbons (Fsp3) is 0.433. The van der Waals surface area contributed by atoms with Gasteiger partial charge in [-0.2, -0.15) is 0 Å². The maximum atomic E-state index is 13.8. The fourth-order valence-corrected chi connectivity index (χ4v) is 6.50. The summed E-state index contributed by atoms with van der Waals surface area (Å²) in [5, 5.41) is 1.21. The van der Waals surface area contributed by atoms with Crippen molar-refractivity contribution in [1.82, 2.24) is 14.8 Å². The first kappa shape index (κ1) is 21.8.